The number of hydrogen-bond donors (Lipinski definition) is 0. The van der Waals surface area contributed by atoms with Crippen molar-refractivity contribution in [1.82, 2.24) is 9.88 Å². The zero-order valence-corrected chi connectivity index (χ0v) is 13.1. The fourth-order valence-corrected chi connectivity index (χ4v) is 2.31. The Morgan fingerprint density at radius 3 is 2.76 bits per heavy atom. The zero-order valence-electron chi connectivity index (χ0n) is 13.1. The minimum atomic E-state index is -4.44. The van der Waals surface area contributed by atoms with Gasteiger partial charge in [-0.3, -0.25) is 4.79 Å². The van der Waals surface area contributed by atoms with Crippen molar-refractivity contribution in [2.75, 3.05) is 26.3 Å². The molecule has 2 heterocycles. The SMILES string of the molecule is O=C(c1coc(COc2cccc(C(F)(F)F)c2)n1)N1CCOCC1. The molecule has 0 aliphatic carbocycles. The number of rotatable bonds is 4. The Morgan fingerprint density at radius 1 is 1.28 bits per heavy atom. The number of ether oxygens (including phenoxy) is 2. The smallest absolute Gasteiger partial charge is 0.416 e. The molecule has 1 fully saturated rings. The standard InChI is InChI=1S/C16H15F3N2O4/c17-16(18,19)11-2-1-3-12(8-11)24-10-14-20-13(9-25-14)15(22)21-4-6-23-7-5-21/h1-3,8-9H,4-7,10H2. The number of oxazole rings is 1. The summed E-state index contributed by atoms with van der Waals surface area (Å²) in [7, 11) is 0. The van der Waals surface area contributed by atoms with Gasteiger partial charge in [0.2, 0.25) is 5.89 Å². The van der Waals surface area contributed by atoms with Gasteiger partial charge in [0.1, 0.15) is 12.0 Å². The van der Waals surface area contributed by atoms with E-state index in [-0.39, 0.29) is 29.8 Å². The molecule has 1 aliphatic rings. The minimum absolute atomic E-state index is 0.0362. The Morgan fingerprint density at radius 2 is 2.04 bits per heavy atom. The molecule has 134 valence electrons. The first-order chi connectivity index (χ1) is 11.9. The lowest BCUT2D eigenvalue weighted by Gasteiger charge is -2.25. The van der Waals surface area contributed by atoms with E-state index in [1.165, 1.54) is 18.4 Å². The molecule has 0 bridgehead atoms. The molecule has 0 unspecified atom stereocenters. The lowest BCUT2D eigenvalue weighted by molar-refractivity contribution is -0.137. The Kier molecular flexibility index (Phi) is 4.93. The van der Waals surface area contributed by atoms with E-state index in [1.54, 1.807) is 4.90 Å². The molecular weight excluding hydrogens is 341 g/mol. The van der Waals surface area contributed by atoms with Gasteiger partial charge in [0.05, 0.1) is 18.8 Å². The summed E-state index contributed by atoms with van der Waals surface area (Å²) in [6.07, 6.45) is -3.23. The molecule has 0 atom stereocenters. The van der Waals surface area contributed by atoms with Crippen molar-refractivity contribution >= 4 is 5.91 Å². The summed E-state index contributed by atoms with van der Waals surface area (Å²) >= 11 is 0. The molecule has 25 heavy (non-hydrogen) atoms. The second-order valence-electron chi connectivity index (χ2n) is 5.35. The molecule has 6 nitrogen and oxygen atoms in total. The zero-order chi connectivity index (χ0) is 17.9. The van der Waals surface area contributed by atoms with Crippen molar-refractivity contribution in [2.24, 2.45) is 0 Å². The van der Waals surface area contributed by atoms with E-state index in [0.29, 0.717) is 26.3 Å². The molecule has 0 radical (unpaired) electrons. The van der Waals surface area contributed by atoms with Gasteiger partial charge < -0.3 is 18.8 Å². The normalized spacial score (nSPS) is 15.2. The van der Waals surface area contributed by atoms with E-state index in [0.717, 1.165) is 12.1 Å². The van der Waals surface area contributed by atoms with Crippen LogP contribution in [0.25, 0.3) is 0 Å². The van der Waals surface area contributed by atoms with Gasteiger partial charge in [-0.2, -0.15) is 13.2 Å². The van der Waals surface area contributed by atoms with Crippen LogP contribution < -0.4 is 4.74 Å². The van der Waals surface area contributed by atoms with Crippen LogP contribution in [0, 0.1) is 0 Å². The molecule has 1 amide bonds. The maximum Gasteiger partial charge on any atom is 0.416 e. The van der Waals surface area contributed by atoms with Gasteiger partial charge in [-0.15, -0.1) is 0 Å². The number of nitrogens with zero attached hydrogens (tertiary/aromatic N) is 2. The number of carbonyl (C=O) groups excluding carboxylic acids is 1. The van der Waals surface area contributed by atoms with E-state index in [1.807, 2.05) is 0 Å². The van der Waals surface area contributed by atoms with Crippen LogP contribution in [0.1, 0.15) is 21.9 Å². The van der Waals surface area contributed by atoms with Gasteiger partial charge in [0, 0.05) is 13.1 Å². The Labute approximate surface area is 141 Å². The second kappa shape index (κ2) is 7.14. The third-order valence-electron chi connectivity index (χ3n) is 3.59. The average Bonchev–Trinajstić information content (AvgIpc) is 3.08. The van der Waals surface area contributed by atoms with Gasteiger partial charge in [-0.1, -0.05) is 6.07 Å². The summed E-state index contributed by atoms with van der Waals surface area (Å²) in [5.74, 6) is -0.138. The van der Waals surface area contributed by atoms with Crippen LogP contribution in [0.4, 0.5) is 13.2 Å². The number of aromatic nitrogens is 1. The summed E-state index contributed by atoms with van der Waals surface area (Å²) < 4.78 is 53.6. The van der Waals surface area contributed by atoms with Crippen LogP contribution in [-0.4, -0.2) is 42.1 Å². The van der Waals surface area contributed by atoms with E-state index >= 15 is 0 Å². The molecule has 9 heteroatoms. The van der Waals surface area contributed by atoms with E-state index in [2.05, 4.69) is 4.98 Å². The first-order valence-electron chi connectivity index (χ1n) is 7.55. The molecule has 0 saturated carbocycles. The average molecular weight is 356 g/mol. The van der Waals surface area contributed by atoms with Crippen molar-refractivity contribution in [3.8, 4) is 5.75 Å². The van der Waals surface area contributed by atoms with Crippen LogP contribution in [0.3, 0.4) is 0 Å². The van der Waals surface area contributed by atoms with Crippen molar-refractivity contribution in [1.29, 1.82) is 0 Å². The molecule has 2 aromatic rings. The highest BCUT2D eigenvalue weighted by Gasteiger charge is 2.30. The minimum Gasteiger partial charge on any atom is -0.484 e. The Bertz CT molecular complexity index is 739. The number of halogens is 3. The van der Waals surface area contributed by atoms with Crippen molar-refractivity contribution in [2.45, 2.75) is 12.8 Å². The van der Waals surface area contributed by atoms with E-state index in [9.17, 15) is 18.0 Å². The Balaban J connectivity index is 1.61. The fraction of sp³-hybridized carbons (Fsp3) is 0.375. The summed E-state index contributed by atoms with van der Waals surface area (Å²) in [5.41, 5.74) is -0.676. The highest BCUT2D eigenvalue weighted by molar-refractivity contribution is 5.92. The van der Waals surface area contributed by atoms with Crippen LogP contribution in [0.2, 0.25) is 0 Å². The van der Waals surface area contributed by atoms with Crippen molar-refractivity contribution < 1.29 is 31.9 Å². The summed E-state index contributed by atoms with van der Waals surface area (Å²) in [5, 5.41) is 0. The van der Waals surface area contributed by atoms with Gasteiger partial charge in [-0.25, -0.2) is 4.98 Å². The first kappa shape index (κ1) is 17.3. The molecule has 1 aromatic heterocycles. The van der Waals surface area contributed by atoms with Gasteiger partial charge in [0.15, 0.2) is 12.3 Å². The number of hydrogen-bond acceptors (Lipinski definition) is 5. The van der Waals surface area contributed by atoms with Crippen LogP contribution in [0.15, 0.2) is 34.9 Å². The second-order valence-corrected chi connectivity index (χ2v) is 5.35. The summed E-state index contributed by atoms with van der Waals surface area (Å²) in [6, 6.07) is 4.50. The van der Waals surface area contributed by atoms with Crippen molar-refractivity contribution in [3.63, 3.8) is 0 Å². The third kappa shape index (κ3) is 4.30. The van der Waals surface area contributed by atoms with Gasteiger partial charge in [-0.05, 0) is 18.2 Å². The number of benzene rings is 1. The highest BCUT2D eigenvalue weighted by atomic mass is 19.4. The maximum atomic E-state index is 12.7. The summed E-state index contributed by atoms with van der Waals surface area (Å²) in [4.78, 5) is 17.8. The largest absolute Gasteiger partial charge is 0.484 e. The van der Waals surface area contributed by atoms with Gasteiger partial charge in [0.25, 0.3) is 5.91 Å². The molecule has 0 N–H and O–H groups in total. The molecule has 0 spiro atoms. The number of amides is 1. The predicted octanol–water partition coefficient (Wildman–Crippen LogP) is 2.74. The monoisotopic (exact) mass is 356 g/mol. The predicted molar refractivity (Wildman–Crippen MR) is 79.0 cm³/mol. The topological polar surface area (TPSA) is 64.8 Å². The lowest BCUT2D eigenvalue weighted by atomic mass is 10.2. The first-order valence-corrected chi connectivity index (χ1v) is 7.55. The van der Waals surface area contributed by atoms with Crippen molar-refractivity contribution in [3.05, 3.63) is 47.7 Å². The summed E-state index contributed by atoms with van der Waals surface area (Å²) in [6.45, 7) is 1.70. The molecular formula is C16H15F3N2O4. The van der Waals surface area contributed by atoms with E-state index < -0.39 is 11.7 Å². The van der Waals surface area contributed by atoms with Gasteiger partial charge >= 0.3 is 6.18 Å². The van der Waals surface area contributed by atoms with E-state index in [4.69, 9.17) is 13.9 Å². The number of alkyl halides is 3. The number of carbonyl (C=O) groups is 1. The third-order valence-corrected chi connectivity index (χ3v) is 3.59. The molecule has 3 rings (SSSR count). The van der Waals surface area contributed by atoms with Crippen LogP contribution in [0.5, 0.6) is 5.75 Å². The molecule has 1 aliphatic heterocycles. The Hall–Kier alpha value is -2.55. The molecule has 1 aromatic carbocycles. The van der Waals surface area contributed by atoms with Crippen LogP contribution >= 0.6 is 0 Å². The quantitative estimate of drug-likeness (QED) is 0.843. The number of morpholine rings is 1. The van der Waals surface area contributed by atoms with Crippen LogP contribution in [-0.2, 0) is 17.5 Å². The fourth-order valence-electron chi connectivity index (χ4n) is 2.31. The molecule has 1 saturated heterocycles. The lowest BCUT2D eigenvalue weighted by Crippen LogP contribution is -2.40. The highest BCUT2D eigenvalue weighted by Crippen LogP contribution is 2.31. The maximum absolute atomic E-state index is 12.7.